The fraction of sp³-hybridized carbons (Fsp3) is 0.667. The number of ether oxygens (including phenoxy) is 2. The molecule has 0 radical (unpaired) electrons. The molecule has 0 bridgehead atoms. The van der Waals surface area contributed by atoms with E-state index >= 15 is 0 Å². The molecule has 1 heterocycles. The van der Waals surface area contributed by atoms with Gasteiger partial charge in [0.1, 0.15) is 6.10 Å². The number of nitrogens with one attached hydrogen (secondary N) is 1. The van der Waals surface area contributed by atoms with Crippen molar-refractivity contribution >= 4 is 28.7 Å². The van der Waals surface area contributed by atoms with Crippen LogP contribution in [0.2, 0.25) is 0 Å². The predicted octanol–water partition coefficient (Wildman–Crippen LogP) is 2.96. The first-order chi connectivity index (χ1) is 9.92. The summed E-state index contributed by atoms with van der Waals surface area (Å²) in [6, 6.07) is -0.233. The maximum atomic E-state index is 10.8. The van der Waals surface area contributed by atoms with E-state index < -0.39 is 6.09 Å². The maximum absolute atomic E-state index is 10.8. The number of carbonyl (C=O) groups is 1. The highest BCUT2D eigenvalue weighted by Gasteiger charge is 2.36. The SMILES string of the molecule is CC1(C)C=CC=CC1CC1OC[C@@H]([C@@H](CI)NC(=O)O)O1. The van der Waals surface area contributed by atoms with Crippen molar-refractivity contribution in [1.82, 2.24) is 5.32 Å². The van der Waals surface area contributed by atoms with E-state index in [4.69, 9.17) is 14.6 Å². The van der Waals surface area contributed by atoms with Crippen LogP contribution >= 0.6 is 22.6 Å². The summed E-state index contributed by atoms with van der Waals surface area (Å²) in [6.07, 6.45) is 7.79. The molecule has 118 valence electrons. The molecule has 2 N–H and O–H groups in total. The van der Waals surface area contributed by atoms with Gasteiger partial charge in [-0.1, -0.05) is 60.7 Å². The number of allylic oxidation sites excluding steroid dienone is 4. The van der Waals surface area contributed by atoms with Crippen LogP contribution in [0.25, 0.3) is 0 Å². The first-order valence-electron chi connectivity index (χ1n) is 7.11. The summed E-state index contributed by atoms with van der Waals surface area (Å²) < 4.78 is 12.3. The number of hydrogen-bond donors (Lipinski definition) is 2. The molecule has 6 heteroatoms. The Hall–Kier alpha value is -0.600. The van der Waals surface area contributed by atoms with Gasteiger partial charge < -0.3 is 19.9 Å². The Bertz CT molecular complexity index is 435. The van der Waals surface area contributed by atoms with E-state index in [0.717, 1.165) is 6.42 Å². The summed E-state index contributed by atoms with van der Waals surface area (Å²) in [5.41, 5.74) is 0.0849. The number of rotatable bonds is 5. The molecule has 2 aliphatic rings. The Balaban J connectivity index is 1.89. The predicted molar refractivity (Wildman–Crippen MR) is 88.6 cm³/mol. The fourth-order valence-corrected chi connectivity index (χ4v) is 3.45. The largest absolute Gasteiger partial charge is 0.465 e. The number of carboxylic acid groups (broad SMARTS) is 1. The van der Waals surface area contributed by atoms with Gasteiger partial charge in [-0.15, -0.1) is 0 Å². The quantitative estimate of drug-likeness (QED) is 0.543. The molecule has 1 aliphatic carbocycles. The van der Waals surface area contributed by atoms with Crippen LogP contribution in [0, 0.1) is 11.3 Å². The van der Waals surface area contributed by atoms with Crippen molar-refractivity contribution in [3.63, 3.8) is 0 Å². The van der Waals surface area contributed by atoms with Crippen LogP contribution in [0.1, 0.15) is 20.3 Å². The first kappa shape index (κ1) is 16.8. The van der Waals surface area contributed by atoms with E-state index in [0.29, 0.717) is 17.0 Å². The Morgan fingerprint density at radius 1 is 1.52 bits per heavy atom. The van der Waals surface area contributed by atoms with Crippen LogP contribution in [-0.2, 0) is 9.47 Å². The molecule has 1 fully saturated rings. The molecule has 0 saturated carbocycles. The monoisotopic (exact) mass is 407 g/mol. The van der Waals surface area contributed by atoms with Crippen molar-refractivity contribution in [2.24, 2.45) is 11.3 Å². The second kappa shape index (κ2) is 7.11. The van der Waals surface area contributed by atoms with Gasteiger partial charge in [0.25, 0.3) is 0 Å². The van der Waals surface area contributed by atoms with Gasteiger partial charge in [0.2, 0.25) is 0 Å². The van der Waals surface area contributed by atoms with Crippen molar-refractivity contribution in [3.8, 4) is 0 Å². The van der Waals surface area contributed by atoms with E-state index in [9.17, 15) is 4.79 Å². The Morgan fingerprint density at radius 2 is 2.29 bits per heavy atom. The number of hydrogen-bond acceptors (Lipinski definition) is 3. The molecule has 1 aliphatic heterocycles. The van der Waals surface area contributed by atoms with Gasteiger partial charge in [-0.2, -0.15) is 0 Å². The number of alkyl halides is 1. The molecular weight excluding hydrogens is 385 g/mol. The molecule has 5 nitrogen and oxygen atoms in total. The van der Waals surface area contributed by atoms with Crippen molar-refractivity contribution in [2.75, 3.05) is 11.0 Å². The molecule has 4 atom stereocenters. The summed E-state index contributed by atoms with van der Waals surface area (Å²) in [7, 11) is 0. The van der Waals surface area contributed by atoms with Gasteiger partial charge in [-0.3, -0.25) is 0 Å². The van der Waals surface area contributed by atoms with Crippen molar-refractivity contribution in [3.05, 3.63) is 24.3 Å². The van der Waals surface area contributed by atoms with Gasteiger partial charge in [0, 0.05) is 10.8 Å². The molecule has 1 amide bonds. The number of amides is 1. The smallest absolute Gasteiger partial charge is 0.404 e. The third kappa shape index (κ3) is 4.43. The third-order valence-electron chi connectivity index (χ3n) is 4.08. The molecule has 0 aromatic rings. The summed E-state index contributed by atoms with van der Waals surface area (Å²) in [4.78, 5) is 10.8. The Kier molecular flexibility index (Phi) is 5.67. The van der Waals surface area contributed by atoms with Gasteiger partial charge in [-0.25, -0.2) is 4.79 Å². The van der Waals surface area contributed by atoms with Crippen LogP contribution in [0.5, 0.6) is 0 Å². The zero-order valence-corrected chi connectivity index (χ0v) is 14.4. The van der Waals surface area contributed by atoms with Gasteiger partial charge in [0.05, 0.1) is 12.6 Å². The Morgan fingerprint density at radius 3 is 2.90 bits per heavy atom. The normalized spacial score (nSPS) is 32.0. The second-order valence-electron chi connectivity index (χ2n) is 6.06. The van der Waals surface area contributed by atoms with E-state index in [1.54, 1.807) is 0 Å². The van der Waals surface area contributed by atoms with Crippen molar-refractivity contribution < 1.29 is 19.4 Å². The number of halogens is 1. The van der Waals surface area contributed by atoms with Crippen LogP contribution < -0.4 is 5.32 Å². The minimum Gasteiger partial charge on any atom is -0.465 e. The lowest BCUT2D eigenvalue weighted by Gasteiger charge is -2.32. The van der Waals surface area contributed by atoms with E-state index in [2.05, 4.69) is 66.1 Å². The maximum Gasteiger partial charge on any atom is 0.404 e. The molecule has 2 unspecified atom stereocenters. The highest BCUT2D eigenvalue weighted by molar-refractivity contribution is 14.1. The van der Waals surface area contributed by atoms with Crippen molar-refractivity contribution in [1.29, 1.82) is 0 Å². The van der Waals surface area contributed by atoms with Crippen LogP contribution in [-0.4, -0.2) is 40.7 Å². The summed E-state index contributed by atoms with van der Waals surface area (Å²) >= 11 is 2.16. The van der Waals surface area contributed by atoms with Crippen LogP contribution in [0.3, 0.4) is 0 Å². The molecule has 1 saturated heterocycles. The molecule has 0 aromatic carbocycles. The molecule has 0 aromatic heterocycles. The fourth-order valence-electron chi connectivity index (χ4n) is 2.66. The minimum absolute atomic E-state index is 0.0849. The second-order valence-corrected chi connectivity index (χ2v) is 6.94. The summed E-state index contributed by atoms with van der Waals surface area (Å²) in [5, 5.41) is 11.3. The lowest BCUT2D eigenvalue weighted by molar-refractivity contribution is -0.0771. The lowest BCUT2D eigenvalue weighted by atomic mass is 9.74. The zero-order valence-electron chi connectivity index (χ0n) is 12.3. The highest BCUT2D eigenvalue weighted by atomic mass is 127. The highest BCUT2D eigenvalue weighted by Crippen LogP contribution is 2.37. The van der Waals surface area contributed by atoms with E-state index in [1.165, 1.54) is 0 Å². The average Bonchev–Trinajstić information content (AvgIpc) is 2.86. The Labute approximate surface area is 138 Å². The summed E-state index contributed by atoms with van der Waals surface area (Å²) in [6.45, 7) is 4.83. The third-order valence-corrected chi connectivity index (χ3v) is 5.03. The minimum atomic E-state index is -1.02. The molecule has 21 heavy (non-hydrogen) atoms. The van der Waals surface area contributed by atoms with Crippen molar-refractivity contribution in [2.45, 2.75) is 38.7 Å². The molecule has 2 rings (SSSR count). The average molecular weight is 407 g/mol. The van der Waals surface area contributed by atoms with E-state index in [-0.39, 0.29) is 23.9 Å². The summed E-state index contributed by atoms with van der Waals surface area (Å²) in [5.74, 6) is 0.358. The van der Waals surface area contributed by atoms with Gasteiger partial charge in [0.15, 0.2) is 6.29 Å². The topological polar surface area (TPSA) is 67.8 Å². The van der Waals surface area contributed by atoms with Crippen LogP contribution in [0.15, 0.2) is 24.3 Å². The zero-order chi connectivity index (χ0) is 15.5. The van der Waals surface area contributed by atoms with Gasteiger partial charge >= 0.3 is 6.09 Å². The van der Waals surface area contributed by atoms with Gasteiger partial charge in [-0.05, 0) is 11.3 Å². The molecule has 0 spiro atoms. The van der Waals surface area contributed by atoms with E-state index in [1.807, 2.05) is 0 Å². The first-order valence-corrected chi connectivity index (χ1v) is 8.63. The van der Waals surface area contributed by atoms with Crippen LogP contribution in [0.4, 0.5) is 4.79 Å². The molecular formula is C15H22INO4. The standard InChI is InChI=1S/C15H22INO4/c1-15(2)6-4-3-5-10(15)7-13-20-9-12(21-13)11(8-16)17-14(18)19/h3-6,10-13,17H,7-9H2,1-2H3,(H,18,19)/t10?,11-,12+,13?/m1/s1. The lowest BCUT2D eigenvalue weighted by Crippen LogP contribution is -2.45.